The Hall–Kier alpha value is -1.78. The Labute approximate surface area is 71.0 Å². The number of rotatable bonds is 1. The molecule has 0 aliphatic heterocycles. The number of carbonyl (C=O) groups is 1. The van der Waals surface area contributed by atoms with Crippen molar-refractivity contribution in [3.63, 3.8) is 0 Å². The molecular formula is C8H3F2NO2. The minimum Gasteiger partial charge on any atom is -0.434 e. The van der Waals surface area contributed by atoms with E-state index in [1.165, 1.54) is 0 Å². The third kappa shape index (κ3) is 1.18. The predicted molar refractivity (Wildman–Crippen MR) is 39.3 cm³/mol. The SMILES string of the molecule is O=Cc1nc2cc(F)c(F)cc2o1. The van der Waals surface area contributed by atoms with Gasteiger partial charge in [-0.1, -0.05) is 0 Å². The van der Waals surface area contributed by atoms with Crippen LogP contribution < -0.4 is 0 Å². The second-order valence-corrected chi connectivity index (χ2v) is 2.40. The Balaban J connectivity index is 2.77. The van der Waals surface area contributed by atoms with E-state index in [1.807, 2.05) is 0 Å². The van der Waals surface area contributed by atoms with Crippen LogP contribution in [0, 0.1) is 11.6 Å². The highest BCUT2D eigenvalue weighted by atomic mass is 19.2. The molecule has 5 heteroatoms. The van der Waals surface area contributed by atoms with Crippen molar-refractivity contribution in [2.75, 3.05) is 0 Å². The maximum Gasteiger partial charge on any atom is 0.260 e. The van der Waals surface area contributed by atoms with Crippen molar-refractivity contribution in [2.24, 2.45) is 0 Å². The van der Waals surface area contributed by atoms with E-state index in [2.05, 4.69) is 4.98 Å². The molecule has 13 heavy (non-hydrogen) atoms. The number of nitrogens with zero attached hydrogens (tertiary/aromatic N) is 1. The number of carbonyl (C=O) groups excluding carboxylic acids is 1. The number of benzene rings is 1. The molecule has 0 amide bonds. The summed E-state index contributed by atoms with van der Waals surface area (Å²) in [7, 11) is 0. The van der Waals surface area contributed by atoms with Gasteiger partial charge in [-0.05, 0) is 0 Å². The fraction of sp³-hybridized carbons (Fsp3) is 0. The second-order valence-electron chi connectivity index (χ2n) is 2.40. The summed E-state index contributed by atoms with van der Waals surface area (Å²) in [5, 5.41) is 0. The van der Waals surface area contributed by atoms with Crippen LogP contribution >= 0.6 is 0 Å². The molecule has 1 aromatic heterocycles. The number of hydrogen-bond acceptors (Lipinski definition) is 3. The summed E-state index contributed by atoms with van der Waals surface area (Å²) in [6, 6.07) is 1.73. The summed E-state index contributed by atoms with van der Waals surface area (Å²) in [5.41, 5.74) is 0.182. The standard InChI is InChI=1S/C8H3F2NO2/c9-4-1-6-7(2-5(4)10)13-8(3-12)11-6/h1-3H. The molecule has 2 rings (SSSR count). The first-order valence-corrected chi connectivity index (χ1v) is 3.41. The molecule has 0 aliphatic carbocycles. The van der Waals surface area contributed by atoms with Crippen molar-refractivity contribution < 1.29 is 18.0 Å². The summed E-state index contributed by atoms with van der Waals surface area (Å²) in [4.78, 5) is 13.8. The number of oxazole rings is 1. The van der Waals surface area contributed by atoms with Gasteiger partial charge in [0.25, 0.3) is 5.89 Å². The largest absolute Gasteiger partial charge is 0.434 e. The van der Waals surface area contributed by atoms with Gasteiger partial charge >= 0.3 is 0 Å². The van der Waals surface area contributed by atoms with Crippen LogP contribution in [0.5, 0.6) is 0 Å². The van der Waals surface area contributed by atoms with Gasteiger partial charge in [-0.2, -0.15) is 0 Å². The fourth-order valence-electron chi connectivity index (χ4n) is 0.992. The quantitative estimate of drug-likeness (QED) is 0.634. The lowest BCUT2D eigenvalue weighted by atomic mass is 10.3. The zero-order valence-electron chi connectivity index (χ0n) is 6.25. The number of hydrogen-bond donors (Lipinski definition) is 0. The smallest absolute Gasteiger partial charge is 0.260 e. The van der Waals surface area contributed by atoms with Gasteiger partial charge in [0.15, 0.2) is 17.2 Å². The first kappa shape index (κ1) is 7.85. The molecule has 0 spiro atoms. The first-order valence-electron chi connectivity index (χ1n) is 3.41. The van der Waals surface area contributed by atoms with Crippen LogP contribution in [0.3, 0.4) is 0 Å². The predicted octanol–water partition coefficient (Wildman–Crippen LogP) is 1.92. The van der Waals surface area contributed by atoms with E-state index in [1.54, 1.807) is 0 Å². The Morgan fingerprint density at radius 3 is 2.69 bits per heavy atom. The molecule has 0 N–H and O–H groups in total. The monoisotopic (exact) mass is 183 g/mol. The molecule has 0 atom stereocenters. The van der Waals surface area contributed by atoms with Gasteiger partial charge in [0, 0.05) is 12.1 Å². The Morgan fingerprint density at radius 1 is 1.31 bits per heavy atom. The van der Waals surface area contributed by atoms with Gasteiger partial charge in [0.2, 0.25) is 6.29 Å². The molecule has 0 saturated heterocycles. The number of halogens is 2. The van der Waals surface area contributed by atoms with Crippen molar-refractivity contribution in [3.8, 4) is 0 Å². The van der Waals surface area contributed by atoms with E-state index in [-0.39, 0.29) is 17.0 Å². The van der Waals surface area contributed by atoms with E-state index in [4.69, 9.17) is 4.42 Å². The van der Waals surface area contributed by atoms with E-state index in [0.717, 1.165) is 12.1 Å². The van der Waals surface area contributed by atoms with Gasteiger partial charge in [-0.3, -0.25) is 4.79 Å². The summed E-state index contributed by atoms with van der Waals surface area (Å²) in [6.45, 7) is 0. The molecule has 0 fully saturated rings. The summed E-state index contributed by atoms with van der Waals surface area (Å²) < 4.78 is 30.0. The van der Waals surface area contributed by atoms with Crippen LogP contribution in [0.15, 0.2) is 16.5 Å². The number of aldehydes is 1. The van der Waals surface area contributed by atoms with E-state index >= 15 is 0 Å². The lowest BCUT2D eigenvalue weighted by Gasteiger charge is -1.89. The summed E-state index contributed by atoms with van der Waals surface area (Å²) in [5.74, 6) is -2.24. The van der Waals surface area contributed by atoms with Crippen molar-refractivity contribution >= 4 is 17.4 Å². The molecule has 0 aliphatic rings. The average Bonchev–Trinajstić information content (AvgIpc) is 2.48. The van der Waals surface area contributed by atoms with Crippen molar-refractivity contribution in [1.82, 2.24) is 4.98 Å². The van der Waals surface area contributed by atoms with Gasteiger partial charge in [0.1, 0.15) is 5.52 Å². The molecule has 2 aromatic rings. The third-order valence-electron chi connectivity index (χ3n) is 1.55. The topological polar surface area (TPSA) is 43.1 Å². The van der Waals surface area contributed by atoms with E-state index in [0.29, 0.717) is 6.29 Å². The first-order chi connectivity index (χ1) is 6.20. The minimum absolute atomic E-state index is 0.0565. The molecule has 0 saturated carbocycles. The van der Waals surface area contributed by atoms with Crippen molar-refractivity contribution in [2.45, 2.75) is 0 Å². The van der Waals surface area contributed by atoms with Crippen molar-refractivity contribution in [3.05, 3.63) is 29.7 Å². The maximum absolute atomic E-state index is 12.6. The lowest BCUT2D eigenvalue weighted by Crippen LogP contribution is -1.82. The molecule has 0 radical (unpaired) electrons. The minimum atomic E-state index is -1.03. The van der Waals surface area contributed by atoms with E-state index in [9.17, 15) is 13.6 Å². The van der Waals surface area contributed by atoms with Crippen LogP contribution in [-0.4, -0.2) is 11.3 Å². The Bertz CT molecular complexity index is 439. The highest BCUT2D eigenvalue weighted by Gasteiger charge is 2.09. The van der Waals surface area contributed by atoms with Gasteiger partial charge in [-0.25, -0.2) is 13.8 Å². The van der Waals surface area contributed by atoms with Crippen LogP contribution in [0.4, 0.5) is 8.78 Å². The van der Waals surface area contributed by atoms with Gasteiger partial charge in [-0.15, -0.1) is 0 Å². The van der Waals surface area contributed by atoms with Crippen LogP contribution in [0.1, 0.15) is 10.7 Å². The molecule has 1 heterocycles. The zero-order valence-corrected chi connectivity index (χ0v) is 6.25. The Kier molecular flexibility index (Phi) is 1.58. The highest BCUT2D eigenvalue weighted by molar-refractivity contribution is 5.78. The Morgan fingerprint density at radius 2 is 2.00 bits per heavy atom. The zero-order chi connectivity index (χ0) is 9.42. The fourth-order valence-corrected chi connectivity index (χ4v) is 0.992. The molecule has 3 nitrogen and oxygen atoms in total. The third-order valence-corrected chi connectivity index (χ3v) is 1.55. The molecular weight excluding hydrogens is 180 g/mol. The highest BCUT2D eigenvalue weighted by Crippen LogP contribution is 2.18. The summed E-state index contributed by atoms with van der Waals surface area (Å²) >= 11 is 0. The summed E-state index contributed by atoms with van der Waals surface area (Å²) in [6.07, 6.45) is 0.371. The molecule has 1 aromatic carbocycles. The maximum atomic E-state index is 12.6. The van der Waals surface area contributed by atoms with Crippen molar-refractivity contribution in [1.29, 1.82) is 0 Å². The number of fused-ring (bicyclic) bond motifs is 1. The molecule has 0 bridgehead atoms. The normalized spacial score (nSPS) is 10.6. The van der Waals surface area contributed by atoms with Crippen LogP contribution in [-0.2, 0) is 0 Å². The van der Waals surface area contributed by atoms with Crippen LogP contribution in [0.2, 0.25) is 0 Å². The van der Waals surface area contributed by atoms with Gasteiger partial charge < -0.3 is 4.42 Å². The number of aromatic nitrogens is 1. The molecule has 66 valence electrons. The van der Waals surface area contributed by atoms with Gasteiger partial charge in [0.05, 0.1) is 0 Å². The average molecular weight is 183 g/mol. The second kappa shape index (κ2) is 2.62. The van der Waals surface area contributed by atoms with Crippen LogP contribution in [0.25, 0.3) is 11.1 Å². The van der Waals surface area contributed by atoms with E-state index < -0.39 is 11.6 Å². The molecule has 0 unspecified atom stereocenters. The lowest BCUT2D eigenvalue weighted by molar-refractivity contribution is 0.109.